The second-order valence-electron chi connectivity index (χ2n) is 10.1. The van der Waals surface area contributed by atoms with Crippen LogP contribution in [0.15, 0.2) is 21.1 Å². The van der Waals surface area contributed by atoms with Crippen LogP contribution in [0.2, 0.25) is 0 Å². The summed E-state index contributed by atoms with van der Waals surface area (Å²) in [6.45, 7) is 14.9. The molecule has 1 aromatic rings. The molecule has 0 N–H and O–H groups in total. The Morgan fingerprint density at radius 3 is 1.97 bits per heavy atom. The molecule has 0 radical (unpaired) electrons. The molecule has 1 saturated carbocycles. The van der Waals surface area contributed by atoms with Crippen LogP contribution in [-0.2, 0) is 10.2 Å². The summed E-state index contributed by atoms with van der Waals surface area (Å²) in [6.07, 6.45) is 2.36. The number of hydrogen-bond donors (Lipinski definition) is 0. The highest BCUT2D eigenvalue weighted by Crippen LogP contribution is 2.52. The van der Waals surface area contributed by atoms with Crippen molar-refractivity contribution in [2.75, 3.05) is 0 Å². The minimum Gasteiger partial charge on any atom is -0.428 e. The number of hydrogen-bond acceptors (Lipinski definition) is 3. The Morgan fingerprint density at radius 2 is 1.55 bits per heavy atom. The van der Waals surface area contributed by atoms with Gasteiger partial charge in [-0.05, 0) is 74.0 Å². The van der Waals surface area contributed by atoms with Crippen LogP contribution in [0.1, 0.15) is 73.3 Å². The lowest BCUT2D eigenvalue weighted by Gasteiger charge is -2.47. The smallest absolute Gasteiger partial charge is 0.428 e. The van der Waals surface area contributed by atoms with E-state index in [-0.39, 0.29) is 5.41 Å². The third kappa shape index (κ3) is 6.73. The predicted octanol–water partition coefficient (Wildman–Crippen LogP) is 9.40. The van der Waals surface area contributed by atoms with Gasteiger partial charge >= 0.3 is 6.16 Å². The van der Waals surface area contributed by atoms with E-state index in [1.54, 1.807) is 0 Å². The standard InChI is InChI=1S/C24H34Br4O3/c1-8-23(4,5)31-22(29)30-15-11-18(27)21(19(28)12-15)24(6,7)20-16(25)9-14(13(2)3)10-17(20)26/h11-14,16-17,20H,8-10H2,1-7H3. The molecule has 1 aliphatic rings. The summed E-state index contributed by atoms with van der Waals surface area (Å²) in [5.41, 5.74) is 0.479. The maximum atomic E-state index is 12.2. The summed E-state index contributed by atoms with van der Waals surface area (Å²) < 4.78 is 12.7. The maximum absolute atomic E-state index is 12.2. The molecule has 0 bridgehead atoms. The summed E-state index contributed by atoms with van der Waals surface area (Å²) in [6, 6.07) is 3.71. The number of benzene rings is 1. The van der Waals surface area contributed by atoms with Gasteiger partial charge in [0.2, 0.25) is 0 Å². The van der Waals surface area contributed by atoms with Crippen molar-refractivity contribution in [1.29, 1.82) is 0 Å². The molecule has 31 heavy (non-hydrogen) atoms. The third-order valence-electron chi connectivity index (χ3n) is 6.68. The van der Waals surface area contributed by atoms with Gasteiger partial charge in [-0.2, -0.15) is 0 Å². The van der Waals surface area contributed by atoms with Crippen LogP contribution in [0.4, 0.5) is 4.79 Å². The van der Waals surface area contributed by atoms with Crippen molar-refractivity contribution in [2.24, 2.45) is 17.8 Å². The van der Waals surface area contributed by atoms with Crippen molar-refractivity contribution in [1.82, 2.24) is 0 Å². The molecule has 2 atom stereocenters. The Hall–Kier alpha value is 0.410. The molecule has 1 aromatic carbocycles. The SMILES string of the molecule is CCC(C)(C)OC(=O)Oc1cc(Br)c(C(C)(C)C2C(Br)CC(C(C)C)CC2Br)c(Br)c1. The van der Waals surface area contributed by atoms with Crippen LogP contribution < -0.4 is 4.74 Å². The molecule has 7 heteroatoms. The zero-order valence-corrected chi connectivity index (χ0v) is 25.7. The van der Waals surface area contributed by atoms with Gasteiger partial charge in [-0.1, -0.05) is 98.3 Å². The number of carbonyl (C=O) groups is 1. The molecule has 0 spiro atoms. The first-order chi connectivity index (χ1) is 14.2. The average Bonchev–Trinajstić information content (AvgIpc) is 2.59. The molecule has 0 aliphatic heterocycles. The van der Waals surface area contributed by atoms with Crippen LogP contribution in [0, 0.1) is 17.8 Å². The third-order valence-corrected chi connectivity index (χ3v) is 9.82. The van der Waals surface area contributed by atoms with E-state index in [4.69, 9.17) is 9.47 Å². The number of carbonyl (C=O) groups excluding carboxylic acids is 1. The monoisotopic (exact) mass is 686 g/mol. The molecule has 176 valence electrons. The number of rotatable bonds is 6. The van der Waals surface area contributed by atoms with E-state index in [9.17, 15) is 4.79 Å². The Kier molecular flexibility index (Phi) is 9.61. The first-order valence-corrected chi connectivity index (χ1v) is 14.3. The fraction of sp³-hybridized carbons (Fsp3) is 0.708. The minimum atomic E-state index is -0.689. The van der Waals surface area contributed by atoms with Gasteiger partial charge in [-0.3, -0.25) is 0 Å². The van der Waals surface area contributed by atoms with E-state index in [1.807, 2.05) is 32.9 Å². The summed E-state index contributed by atoms with van der Waals surface area (Å²) in [4.78, 5) is 13.0. The van der Waals surface area contributed by atoms with Gasteiger partial charge in [0.15, 0.2) is 0 Å². The van der Waals surface area contributed by atoms with E-state index in [0.717, 1.165) is 8.95 Å². The molecule has 0 aromatic heterocycles. The van der Waals surface area contributed by atoms with Crippen molar-refractivity contribution in [2.45, 2.75) is 88.4 Å². The normalized spacial score (nSPS) is 24.9. The van der Waals surface area contributed by atoms with E-state index < -0.39 is 11.8 Å². The highest BCUT2D eigenvalue weighted by Gasteiger charge is 2.46. The van der Waals surface area contributed by atoms with E-state index >= 15 is 0 Å². The van der Waals surface area contributed by atoms with Gasteiger partial charge in [0.25, 0.3) is 0 Å². The van der Waals surface area contributed by atoms with Crippen LogP contribution >= 0.6 is 63.7 Å². The largest absolute Gasteiger partial charge is 0.514 e. The zero-order valence-electron chi connectivity index (χ0n) is 19.4. The molecule has 1 aliphatic carbocycles. The molecule has 0 saturated heterocycles. The molecular formula is C24H34Br4O3. The van der Waals surface area contributed by atoms with Gasteiger partial charge < -0.3 is 9.47 Å². The lowest BCUT2D eigenvalue weighted by Crippen LogP contribution is -2.46. The highest BCUT2D eigenvalue weighted by atomic mass is 79.9. The second kappa shape index (κ2) is 10.8. The van der Waals surface area contributed by atoms with E-state index in [2.05, 4.69) is 91.4 Å². The zero-order chi connectivity index (χ0) is 23.7. The Morgan fingerprint density at radius 1 is 1.06 bits per heavy atom. The lowest BCUT2D eigenvalue weighted by molar-refractivity contribution is 0.00704. The average molecular weight is 690 g/mol. The summed E-state index contributed by atoms with van der Waals surface area (Å²) >= 11 is 15.5. The lowest BCUT2D eigenvalue weighted by atomic mass is 9.64. The van der Waals surface area contributed by atoms with Gasteiger partial charge in [0.05, 0.1) is 0 Å². The van der Waals surface area contributed by atoms with Gasteiger partial charge in [0, 0.05) is 18.6 Å². The quantitative estimate of drug-likeness (QED) is 0.170. The van der Waals surface area contributed by atoms with Crippen molar-refractivity contribution < 1.29 is 14.3 Å². The van der Waals surface area contributed by atoms with E-state index in [0.29, 0.717) is 39.6 Å². The van der Waals surface area contributed by atoms with Crippen LogP contribution in [0.5, 0.6) is 5.75 Å². The Balaban J connectivity index is 2.29. The second-order valence-corrected chi connectivity index (χ2v) is 14.1. The van der Waals surface area contributed by atoms with E-state index in [1.165, 1.54) is 18.4 Å². The van der Waals surface area contributed by atoms with Gasteiger partial charge in [0.1, 0.15) is 11.4 Å². The molecule has 2 unspecified atom stereocenters. The minimum absolute atomic E-state index is 0.134. The fourth-order valence-corrected chi connectivity index (χ4v) is 10.0. The molecule has 1 fully saturated rings. The van der Waals surface area contributed by atoms with Crippen LogP contribution in [0.3, 0.4) is 0 Å². The predicted molar refractivity (Wildman–Crippen MR) is 143 cm³/mol. The van der Waals surface area contributed by atoms with Crippen molar-refractivity contribution >= 4 is 69.9 Å². The van der Waals surface area contributed by atoms with Crippen LogP contribution in [-0.4, -0.2) is 21.4 Å². The fourth-order valence-electron chi connectivity index (χ4n) is 4.45. The van der Waals surface area contributed by atoms with Crippen molar-refractivity contribution in [3.8, 4) is 5.75 Å². The number of halogens is 4. The highest BCUT2D eigenvalue weighted by molar-refractivity contribution is 9.11. The summed E-state index contributed by atoms with van der Waals surface area (Å²) in [5.74, 6) is 2.24. The van der Waals surface area contributed by atoms with Crippen molar-refractivity contribution in [3.05, 3.63) is 26.6 Å². The maximum Gasteiger partial charge on any atom is 0.514 e. The molecule has 0 heterocycles. The molecule has 0 amide bonds. The summed E-state index contributed by atoms with van der Waals surface area (Å²) in [7, 11) is 0. The first kappa shape index (κ1) is 27.7. The topological polar surface area (TPSA) is 35.5 Å². The molecule has 2 rings (SSSR count). The van der Waals surface area contributed by atoms with Crippen LogP contribution in [0.25, 0.3) is 0 Å². The van der Waals surface area contributed by atoms with Gasteiger partial charge in [-0.15, -0.1) is 0 Å². The molecule has 3 nitrogen and oxygen atoms in total. The van der Waals surface area contributed by atoms with Gasteiger partial charge in [-0.25, -0.2) is 4.79 Å². The molecular weight excluding hydrogens is 656 g/mol. The first-order valence-electron chi connectivity index (χ1n) is 10.9. The Labute approximate surface area is 221 Å². The van der Waals surface area contributed by atoms with Crippen molar-refractivity contribution in [3.63, 3.8) is 0 Å². The Bertz CT molecular complexity index is 756. The number of alkyl halides is 2. The summed E-state index contributed by atoms with van der Waals surface area (Å²) in [5, 5.41) is 0. The number of ether oxygens (including phenoxy) is 2.